The van der Waals surface area contributed by atoms with Crippen LogP contribution >= 0.6 is 11.3 Å². The Labute approximate surface area is 117 Å². The van der Waals surface area contributed by atoms with Crippen molar-refractivity contribution < 1.29 is 14.3 Å². The molecule has 1 heterocycles. The largest absolute Gasteiger partial charge is 0.469 e. The van der Waals surface area contributed by atoms with Gasteiger partial charge in [0.05, 0.1) is 18.6 Å². The van der Waals surface area contributed by atoms with Crippen molar-refractivity contribution in [2.24, 2.45) is 5.41 Å². The highest BCUT2D eigenvalue weighted by Crippen LogP contribution is 2.18. The van der Waals surface area contributed by atoms with Crippen molar-refractivity contribution in [1.29, 1.82) is 0 Å². The van der Waals surface area contributed by atoms with Crippen molar-refractivity contribution in [2.75, 3.05) is 13.7 Å². The SMILES string of the molecule is COC(=O)C(C)(C)CNC(=O)N[C@H](C)c1cccs1. The highest BCUT2D eigenvalue weighted by atomic mass is 32.1. The number of nitrogens with one attached hydrogen (secondary N) is 2. The van der Waals surface area contributed by atoms with Crippen LogP contribution in [0, 0.1) is 5.41 Å². The number of methoxy groups -OCH3 is 1. The van der Waals surface area contributed by atoms with Gasteiger partial charge < -0.3 is 15.4 Å². The van der Waals surface area contributed by atoms with Gasteiger partial charge in [0.2, 0.25) is 0 Å². The minimum absolute atomic E-state index is 0.0544. The Morgan fingerprint density at radius 1 is 1.47 bits per heavy atom. The minimum atomic E-state index is -0.738. The van der Waals surface area contributed by atoms with E-state index in [0.717, 1.165) is 4.88 Å². The van der Waals surface area contributed by atoms with E-state index >= 15 is 0 Å². The molecule has 0 aliphatic rings. The Morgan fingerprint density at radius 3 is 2.68 bits per heavy atom. The van der Waals surface area contributed by atoms with E-state index in [4.69, 9.17) is 0 Å². The molecule has 2 amide bonds. The standard InChI is InChI=1S/C13H20N2O3S/c1-9(10-6-5-7-19-10)15-12(17)14-8-13(2,3)11(16)18-4/h5-7,9H,8H2,1-4H3,(H2,14,15,17)/t9-/m1/s1. The number of esters is 1. The second-order valence-corrected chi connectivity index (χ2v) is 5.92. The third kappa shape index (κ3) is 4.55. The molecule has 0 unspecified atom stereocenters. The Morgan fingerprint density at radius 2 is 2.16 bits per heavy atom. The van der Waals surface area contributed by atoms with Gasteiger partial charge in [-0.3, -0.25) is 4.79 Å². The topological polar surface area (TPSA) is 67.4 Å². The number of urea groups is 1. The Kier molecular flexibility index (Phi) is 5.35. The van der Waals surface area contributed by atoms with E-state index in [-0.39, 0.29) is 24.6 Å². The quantitative estimate of drug-likeness (QED) is 0.815. The molecule has 6 heteroatoms. The predicted molar refractivity (Wildman–Crippen MR) is 75.1 cm³/mol. The van der Waals surface area contributed by atoms with Crippen LogP contribution in [-0.2, 0) is 9.53 Å². The summed E-state index contributed by atoms with van der Waals surface area (Å²) in [6.07, 6.45) is 0. The Hall–Kier alpha value is -1.56. The molecule has 0 saturated heterocycles. The lowest BCUT2D eigenvalue weighted by atomic mass is 9.94. The summed E-state index contributed by atoms with van der Waals surface area (Å²) in [5.74, 6) is -0.348. The van der Waals surface area contributed by atoms with Gasteiger partial charge in [0.15, 0.2) is 0 Å². The molecule has 2 N–H and O–H groups in total. The second kappa shape index (κ2) is 6.56. The first-order valence-electron chi connectivity index (χ1n) is 6.03. The minimum Gasteiger partial charge on any atom is -0.469 e. The van der Waals surface area contributed by atoms with E-state index in [1.165, 1.54) is 7.11 Å². The summed E-state index contributed by atoms with van der Waals surface area (Å²) in [6, 6.07) is 3.56. The number of thiophene rings is 1. The number of carbonyl (C=O) groups is 2. The number of amides is 2. The molecule has 0 aromatic carbocycles. The highest BCUT2D eigenvalue weighted by Gasteiger charge is 2.29. The summed E-state index contributed by atoms with van der Waals surface area (Å²) in [5, 5.41) is 7.47. The van der Waals surface area contributed by atoms with Gasteiger partial charge >= 0.3 is 12.0 Å². The zero-order valence-electron chi connectivity index (χ0n) is 11.6. The van der Waals surface area contributed by atoms with E-state index in [2.05, 4.69) is 15.4 Å². The van der Waals surface area contributed by atoms with Gasteiger partial charge in [-0.15, -0.1) is 11.3 Å². The van der Waals surface area contributed by atoms with Crippen molar-refractivity contribution in [3.05, 3.63) is 22.4 Å². The van der Waals surface area contributed by atoms with Crippen molar-refractivity contribution >= 4 is 23.3 Å². The monoisotopic (exact) mass is 284 g/mol. The molecule has 1 atom stereocenters. The first-order valence-corrected chi connectivity index (χ1v) is 6.91. The summed E-state index contributed by atoms with van der Waals surface area (Å²) in [6.45, 7) is 5.59. The number of rotatable bonds is 5. The smallest absolute Gasteiger partial charge is 0.315 e. The maximum Gasteiger partial charge on any atom is 0.315 e. The molecule has 0 bridgehead atoms. The van der Waals surface area contributed by atoms with Gasteiger partial charge in [-0.25, -0.2) is 4.79 Å². The van der Waals surface area contributed by atoms with Gasteiger partial charge in [0.25, 0.3) is 0 Å². The number of hydrogen-bond acceptors (Lipinski definition) is 4. The average molecular weight is 284 g/mol. The van der Waals surface area contributed by atoms with Crippen molar-refractivity contribution in [3.63, 3.8) is 0 Å². The average Bonchev–Trinajstić information content (AvgIpc) is 2.89. The zero-order valence-corrected chi connectivity index (χ0v) is 12.5. The van der Waals surface area contributed by atoms with Gasteiger partial charge in [0.1, 0.15) is 0 Å². The van der Waals surface area contributed by atoms with Crippen molar-refractivity contribution in [2.45, 2.75) is 26.8 Å². The molecule has 0 spiro atoms. The Bertz CT molecular complexity index is 429. The van der Waals surface area contributed by atoms with E-state index < -0.39 is 5.41 Å². The molecule has 106 valence electrons. The van der Waals surface area contributed by atoms with E-state index in [0.29, 0.717) is 0 Å². The fraction of sp³-hybridized carbons (Fsp3) is 0.538. The van der Waals surface area contributed by atoms with Crippen molar-refractivity contribution in [3.8, 4) is 0 Å². The second-order valence-electron chi connectivity index (χ2n) is 4.94. The Balaban J connectivity index is 2.42. The van der Waals surface area contributed by atoms with Crippen LogP contribution in [0.5, 0.6) is 0 Å². The molecule has 0 radical (unpaired) electrons. The molecule has 0 saturated carbocycles. The van der Waals surface area contributed by atoms with Crippen LogP contribution in [0.25, 0.3) is 0 Å². The molecule has 0 aliphatic heterocycles. The van der Waals surface area contributed by atoms with E-state index in [1.807, 2.05) is 24.4 Å². The fourth-order valence-corrected chi connectivity index (χ4v) is 2.24. The van der Waals surface area contributed by atoms with Gasteiger partial charge in [-0.05, 0) is 32.2 Å². The molecule has 0 aliphatic carbocycles. The first-order chi connectivity index (χ1) is 8.86. The summed E-state index contributed by atoms with van der Waals surface area (Å²) < 4.78 is 4.68. The number of ether oxygens (including phenoxy) is 1. The summed E-state index contributed by atoms with van der Waals surface area (Å²) in [5.41, 5.74) is -0.738. The van der Waals surface area contributed by atoms with Crippen LogP contribution < -0.4 is 10.6 Å². The first kappa shape index (κ1) is 15.5. The van der Waals surface area contributed by atoms with Crippen molar-refractivity contribution in [1.82, 2.24) is 10.6 Å². The molecule has 5 nitrogen and oxygen atoms in total. The fourth-order valence-electron chi connectivity index (χ4n) is 1.51. The van der Waals surface area contributed by atoms with E-state index in [9.17, 15) is 9.59 Å². The normalized spacial score (nSPS) is 12.6. The van der Waals surface area contributed by atoms with Gasteiger partial charge in [-0.2, -0.15) is 0 Å². The third-order valence-corrected chi connectivity index (χ3v) is 3.80. The third-order valence-electron chi connectivity index (χ3n) is 2.75. The van der Waals surface area contributed by atoms with Crippen LogP contribution in [0.4, 0.5) is 4.79 Å². The molecule has 1 aromatic rings. The highest BCUT2D eigenvalue weighted by molar-refractivity contribution is 7.10. The lowest BCUT2D eigenvalue weighted by Gasteiger charge is -2.22. The van der Waals surface area contributed by atoms with Crippen LogP contribution in [-0.4, -0.2) is 25.7 Å². The summed E-state index contributed by atoms with van der Waals surface area (Å²) >= 11 is 1.59. The molecular formula is C13H20N2O3S. The van der Waals surface area contributed by atoms with E-state index in [1.54, 1.807) is 25.2 Å². The van der Waals surface area contributed by atoms with Gasteiger partial charge in [-0.1, -0.05) is 6.07 Å². The molecule has 19 heavy (non-hydrogen) atoms. The maximum atomic E-state index is 11.7. The van der Waals surface area contributed by atoms with Crippen LogP contribution in [0.1, 0.15) is 31.7 Å². The maximum absolute atomic E-state index is 11.7. The molecular weight excluding hydrogens is 264 g/mol. The van der Waals surface area contributed by atoms with Crippen LogP contribution in [0.2, 0.25) is 0 Å². The predicted octanol–water partition coefficient (Wildman–Crippen LogP) is 2.31. The molecule has 0 fully saturated rings. The molecule has 1 aromatic heterocycles. The molecule has 1 rings (SSSR count). The number of carbonyl (C=O) groups excluding carboxylic acids is 2. The zero-order chi connectivity index (χ0) is 14.5. The summed E-state index contributed by atoms with van der Waals surface area (Å²) in [4.78, 5) is 24.3. The van der Waals surface area contributed by atoms with Gasteiger partial charge in [0, 0.05) is 11.4 Å². The van der Waals surface area contributed by atoms with Crippen LogP contribution in [0.3, 0.4) is 0 Å². The lowest BCUT2D eigenvalue weighted by Crippen LogP contribution is -2.44. The lowest BCUT2D eigenvalue weighted by molar-refractivity contribution is -0.150. The summed E-state index contributed by atoms with van der Waals surface area (Å²) in [7, 11) is 1.34. The van der Waals surface area contributed by atoms with Crippen LogP contribution in [0.15, 0.2) is 17.5 Å². The number of hydrogen-bond donors (Lipinski definition) is 2.